The maximum Gasteiger partial charge on any atom is 0.131 e. The SMILES string of the molecule is Cc1cc(COC(CO)C(C)O)c(F)cc1F. The van der Waals surface area contributed by atoms with E-state index in [4.69, 9.17) is 9.84 Å². The number of hydrogen-bond acceptors (Lipinski definition) is 3. The van der Waals surface area contributed by atoms with Crippen molar-refractivity contribution in [3.05, 3.63) is 34.9 Å². The van der Waals surface area contributed by atoms with E-state index in [1.165, 1.54) is 19.9 Å². The third-order valence-electron chi connectivity index (χ3n) is 2.50. The zero-order valence-electron chi connectivity index (χ0n) is 9.78. The molecule has 5 heteroatoms. The molecule has 0 aromatic heterocycles. The standard InChI is InChI=1S/C12H16F2O3/c1-7-3-9(11(14)4-10(7)13)6-17-12(5-15)8(2)16/h3-4,8,12,15-16H,5-6H2,1-2H3. The van der Waals surface area contributed by atoms with E-state index in [0.29, 0.717) is 5.56 Å². The second-order valence-corrected chi connectivity index (χ2v) is 3.97. The highest BCUT2D eigenvalue weighted by Gasteiger charge is 2.16. The molecule has 3 nitrogen and oxygen atoms in total. The lowest BCUT2D eigenvalue weighted by molar-refractivity contribution is -0.0645. The summed E-state index contributed by atoms with van der Waals surface area (Å²) in [6.07, 6.45) is -1.63. The Hall–Kier alpha value is -1.04. The van der Waals surface area contributed by atoms with Crippen molar-refractivity contribution in [2.75, 3.05) is 6.61 Å². The summed E-state index contributed by atoms with van der Waals surface area (Å²) in [7, 11) is 0. The van der Waals surface area contributed by atoms with Gasteiger partial charge in [-0.2, -0.15) is 0 Å². The summed E-state index contributed by atoms with van der Waals surface area (Å²) in [6.45, 7) is 2.51. The number of hydrogen-bond donors (Lipinski definition) is 2. The van der Waals surface area contributed by atoms with Crippen LogP contribution in [0.5, 0.6) is 0 Å². The molecule has 1 rings (SSSR count). The van der Waals surface area contributed by atoms with E-state index in [0.717, 1.165) is 6.07 Å². The van der Waals surface area contributed by atoms with Gasteiger partial charge in [-0.3, -0.25) is 0 Å². The number of aliphatic hydroxyl groups excluding tert-OH is 2. The third-order valence-corrected chi connectivity index (χ3v) is 2.50. The average molecular weight is 246 g/mol. The van der Waals surface area contributed by atoms with Crippen LogP contribution in [0.3, 0.4) is 0 Å². The maximum absolute atomic E-state index is 13.3. The fourth-order valence-corrected chi connectivity index (χ4v) is 1.37. The van der Waals surface area contributed by atoms with Crippen LogP contribution in [-0.4, -0.2) is 29.0 Å². The summed E-state index contributed by atoms with van der Waals surface area (Å²) in [5.74, 6) is -1.31. The van der Waals surface area contributed by atoms with Crippen LogP contribution in [0.2, 0.25) is 0 Å². The van der Waals surface area contributed by atoms with E-state index >= 15 is 0 Å². The molecule has 0 radical (unpaired) electrons. The van der Waals surface area contributed by atoms with Crippen molar-refractivity contribution in [1.29, 1.82) is 0 Å². The van der Waals surface area contributed by atoms with E-state index < -0.39 is 23.8 Å². The van der Waals surface area contributed by atoms with Crippen molar-refractivity contribution in [3.63, 3.8) is 0 Å². The second-order valence-electron chi connectivity index (χ2n) is 3.97. The van der Waals surface area contributed by atoms with Gasteiger partial charge >= 0.3 is 0 Å². The number of halogens is 2. The lowest BCUT2D eigenvalue weighted by Gasteiger charge is -2.18. The van der Waals surface area contributed by atoms with Crippen molar-refractivity contribution < 1.29 is 23.7 Å². The number of ether oxygens (including phenoxy) is 1. The minimum Gasteiger partial charge on any atom is -0.394 e. The van der Waals surface area contributed by atoms with E-state index in [-0.39, 0.29) is 18.8 Å². The Morgan fingerprint density at radius 2 is 1.94 bits per heavy atom. The highest BCUT2D eigenvalue weighted by molar-refractivity contribution is 5.25. The molecular formula is C12H16F2O3. The molecule has 17 heavy (non-hydrogen) atoms. The minimum absolute atomic E-state index is 0.122. The van der Waals surface area contributed by atoms with Gasteiger partial charge in [-0.1, -0.05) is 0 Å². The van der Waals surface area contributed by atoms with Gasteiger partial charge in [0.05, 0.1) is 19.3 Å². The molecule has 0 saturated carbocycles. The molecule has 0 fully saturated rings. The molecule has 0 aliphatic carbocycles. The zero-order chi connectivity index (χ0) is 13.0. The molecule has 2 unspecified atom stereocenters. The first-order valence-electron chi connectivity index (χ1n) is 5.30. The van der Waals surface area contributed by atoms with Crippen molar-refractivity contribution >= 4 is 0 Å². The van der Waals surface area contributed by atoms with E-state index in [9.17, 15) is 13.9 Å². The van der Waals surface area contributed by atoms with Crippen LogP contribution in [0, 0.1) is 18.6 Å². The van der Waals surface area contributed by atoms with Gasteiger partial charge in [0.2, 0.25) is 0 Å². The van der Waals surface area contributed by atoms with Crippen LogP contribution in [0.15, 0.2) is 12.1 Å². The highest BCUT2D eigenvalue weighted by atomic mass is 19.1. The van der Waals surface area contributed by atoms with Crippen molar-refractivity contribution in [2.45, 2.75) is 32.7 Å². The molecule has 2 N–H and O–H groups in total. The van der Waals surface area contributed by atoms with Crippen LogP contribution >= 0.6 is 0 Å². The fourth-order valence-electron chi connectivity index (χ4n) is 1.37. The van der Waals surface area contributed by atoms with E-state index in [2.05, 4.69) is 0 Å². The predicted octanol–water partition coefficient (Wildman–Crippen LogP) is 1.53. The Bertz CT molecular complexity index is 380. The van der Waals surface area contributed by atoms with Crippen LogP contribution < -0.4 is 0 Å². The molecule has 0 aliphatic rings. The van der Waals surface area contributed by atoms with Gasteiger partial charge in [-0.15, -0.1) is 0 Å². The lowest BCUT2D eigenvalue weighted by atomic mass is 10.1. The Balaban J connectivity index is 2.72. The van der Waals surface area contributed by atoms with Gasteiger partial charge in [0.1, 0.15) is 17.7 Å². The summed E-state index contributed by atoms with van der Waals surface area (Å²) in [4.78, 5) is 0. The average Bonchev–Trinajstić information content (AvgIpc) is 2.25. The summed E-state index contributed by atoms with van der Waals surface area (Å²) in [5.41, 5.74) is 0.519. The van der Waals surface area contributed by atoms with Gasteiger partial charge in [0, 0.05) is 11.6 Å². The van der Waals surface area contributed by atoms with Crippen molar-refractivity contribution in [1.82, 2.24) is 0 Å². The van der Waals surface area contributed by atoms with Crippen LogP contribution in [0.25, 0.3) is 0 Å². The first-order chi connectivity index (χ1) is 7.95. The van der Waals surface area contributed by atoms with Gasteiger partial charge < -0.3 is 14.9 Å². The number of rotatable bonds is 5. The molecule has 0 saturated heterocycles. The monoisotopic (exact) mass is 246 g/mol. The first-order valence-corrected chi connectivity index (χ1v) is 5.30. The van der Waals surface area contributed by atoms with E-state index in [1.54, 1.807) is 0 Å². The Morgan fingerprint density at radius 1 is 1.29 bits per heavy atom. The molecule has 0 aliphatic heterocycles. The molecule has 0 spiro atoms. The van der Waals surface area contributed by atoms with Crippen molar-refractivity contribution in [2.24, 2.45) is 0 Å². The molecule has 0 bridgehead atoms. The Morgan fingerprint density at radius 3 is 2.47 bits per heavy atom. The summed E-state index contributed by atoms with van der Waals surface area (Å²) in [6, 6.07) is 2.14. The largest absolute Gasteiger partial charge is 0.394 e. The maximum atomic E-state index is 13.3. The molecule has 0 heterocycles. The lowest BCUT2D eigenvalue weighted by Crippen LogP contribution is -2.29. The third kappa shape index (κ3) is 3.73. The molecule has 2 atom stereocenters. The van der Waals surface area contributed by atoms with Gasteiger partial charge in [-0.25, -0.2) is 8.78 Å². The summed E-state index contributed by atoms with van der Waals surface area (Å²) in [5, 5.41) is 18.1. The van der Waals surface area contributed by atoms with Crippen LogP contribution in [0.1, 0.15) is 18.1 Å². The van der Waals surface area contributed by atoms with Gasteiger partial charge in [-0.05, 0) is 25.5 Å². The van der Waals surface area contributed by atoms with Gasteiger partial charge in [0.25, 0.3) is 0 Å². The number of benzene rings is 1. The fraction of sp³-hybridized carbons (Fsp3) is 0.500. The zero-order valence-corrected chi connectivity index (χ0v) is 9.78. The Labute approximate surface area is 98.7 Å². The summed E-state index contributed by atoms with van der Waals surface area (Å²) < 4.78 is 31.5. The quantitative estimate of drug-likeness (QED) is 0.828. The molecule has 96 valence electrons. The number of aliphatic hydroxyl groups is 2. The van der Waals surface area contributed by atoms with E-state index in [1.807, 2.05) is 0 Å². The van der Waals surface area contributed by atoms with Gasteiger partial charge in [0.15, 0.2) is 0 Å². The Kier molecular flexibility index (Phi) is 4.99. The second kappa shape index (κ2) is 6.05. The van der Waals surface area contributed by atoms with Crippen LogP contribution in [0.4, 0.5) is 8.78 Å². The minimum atomic E-state index is -0.857. The smallest absolute Gasteiger partial charge is 0.131 e. The highest BCUT2D eigenvalue weighted by Crippen LogP contribution is 2.16. The normalized spacial score (nSPS) is 14.7. The topological polar surface area (TPSA) is 49.7 Å². The van der Waals surface area contributed by atoms with Crippen LogP contribution in [-0.2, 0) is 11.3 Å². The number of aryl methyl sites for hydroxylation is 1. The summed E-state index contributed by atoms with van der Waals surface area (Å²) >= 11 is 0. The molecule has 0 amide bonds. The predicted molar refractivity (Wildman–Crippen MR) is 58.4 cm³/mol. The molecule has 1 aromatic carbocycles. The molecule has 1 aromatic rings. The van der Waals surface area contributed by atoms with Crippen molar-refractivity contribution in [3.8, 4) is 0 Å². The first kappa shape index (κ1) is 14.0. The molecular weight excluding hydrogens is 230 g/mol.